The number of aryl methyl sites for hydroxylation is 1. The third kappa shape index (κ3) is 2.92. The minimum Gasteiger partial charge on any atom is -0.395 e. The number of aliphatic hydroxyl groups is 1. The summed E-state index contributed by atoms with van der Waals surface area (Å²) in [5, 5.41) is 13.3. The van der Waals surface area contributed by atoms with E-state index in [2.05, 4.69) is 33.8 Å². The van der Waals surface area contributed by atoms with E-state index in [4.69, 9.17) is 4.52 Å². The summed E-state index contributed by atoms with van der Waals surface area (Å²) in [7, 11) is 0. The van der Waals surface area contributed by atoms with Gasteiger partial charge in [-0.3, -0.25) is 4.90 Å². The van der Waals surface area contributed by atoms with Crippen molar-refractivity contribution in [2.75, 3.05) is 45.9 Å². The molecular formula is C16H28N4O2. The summed E-state index contributed by atoms with van der Waals surface area (Å²) < 4.78 is 5.61. The van der Waals surface area contributed by atoms with E-state index in [9.17, 15) is 5.11 Å². The molecule has 6 heteroatoms. The van der Waals surface area contributed by atoms with Gasteiger partial charge in [-0.05, 0) is 31.7 Å². The molecule has 0 aromatic carbocycles. The van der Waals surface area contributed by atoms with Crippen LogP contribution in [-0.4, -0.2) is 70.9 Å². The quantitative estimate of drug-likeness (QED) is 0.872. The molecule has 124 valence electrons. The molecule has 0 amide bonds. The van der Waals surface area contributed by atoms with Gasteiger partial charge in [-0.1, -0.05) is 19.0 Å². The van der Waals surface area contributed by atoms with Crippen molar-refractivity contribution in [1.82, 2.24) is 19.9 Å². The molecule has 0 saturated carbocycles. The fraction of sp³-hybridized carbons (Fsp3) is 0.875. The fourth-order valence-electron chi connectivity index (χ4n) is 4.24. The van der Waals surface area contributed by atoms with Gasteiger partial charge in [-0.25, -0.2) is 0 Å². The van der Waals surface area contributed by atoms with E-state index in [1.165, 1.54) is 0 Å². The molecule has 1 N–H and O–H groups in total. The molecule has 2 atom stereocenters. The third-order valence-corrected chi connectivity index (χ3v) is 5.06. The summed E-state index contributed by atoms with van der Waals surface area (Å²) >= 11 is 0. The molecule has 3 heterocycles. The maximum atomic E-state index is 9.29. The maximum absolute atomic E-state index is 9.29. The van der Waals surface area contributed by atoms with Crippen molar-refractivity contribution in [2.45, 2.75) is 32.6 Å². The molecular weight excluding hydrogens is 280 g/mol. The Kier molecular flexibility index (Phi) is 4.52. The second-order valence-electron chi connectivity index (χ2n) is 7.38. The molecule has 22 heavy (non-hydrogen) atoms. The van der Waals surface area contributed by atoms with Gasteiger partial charge in [0.05, 0.1) is 12.0 Å². The Morgan fingerprint density at radius 1 is 1.36 bits per heavy atom. The average Bonchev–Trinajstić information content (AvgIpc) is 3.02. The summed E-state index contributed by atoms with van der Waals surface area (Å²) in [5.74, 6) is 2.71. The lowest BCUT2D eigenvalue weighted by Gasteiger charge is -2.42. The van der Waals surface area contributed by atoms with E-state index in [1.807, 2.05) is 6.92 Å². The lowest BCUT2D eigenvalue weighted by Crippen LogP contribution is -2.52. The highest BCUT2D eigenvalue weighted by molar-refractivity contribution is 5.17. The zero-order chi connectivity index (χ0) is 15.7. The second-order valence-corrected chi connectivity index (χ2v) is 7.38. The number of likely N-dealkylation sites (tertiary alicyclic amines) is 2. The standard InChI is InChI=1S/C16H28N4O2/c1-12(2)8-19-5-4-14-9-20(6-7-21)11-16(14,10-19)15-17-13(3)18-22-15/h12,14,21H,4-11H2,1-3H3/t14-,16-/m0/s1. The average molecular weight is 308 g/mol. The molecule has 0 radical (unpaired) electrons. The summed E-state index contributed by atoms with van der Waals surface area (Å²) in [6, 6.07) is 0. The van der Waals surface area contributed by atoms with Gasteiger partial charge >= 0.3 is 0 Å². The molecule has 2 aliphatic rings. The van der Waals surface area contributed by atoms with Crippen LogP contribution in [0.1, 0.15) is 32.0 Å². The van der Waals surface area contributed by atoms with Gasteiger partial charge in [-0.2, -0.15) is 4.98 Å². The molecule has 2 aliphatic heterocycles. The lowest BCUT2D eigenvalue weighted by molar-refractivity contribution is 0.0842. The molecule has 0 bridgehead atoms. The van der Waals surface area contributed by atoms with Crippen LogP contribution in [0.5, 0.6) is 0 Å². The summed E-state index contributed by atoms with van der Waals surface area (Å²) in [5.41, 5.74) is -0.0659. The molecule has 0 unspecified atom stereocenters. The zero-order valence-corrected chi connectivity index (χ0v) is 14.0. The number of aromatic nitrogens is 2. The second kappa shape index (κ2) is 6.26. The monoisotopic (exact) mass is 308 g/mol. The molecule has 2 saturated heterocycles. The van der Waals surface area contributed by atoms with Crippen molar-refractivity contribution in [2.24, 2.45) is 11.8 Å². The van der Waals surface area contributed by atoms with E-state index in [1.54, 1.807) is 0 Å². The minimum absolute atomic E-state index is 0.0659. The van der Waals surface area contributed by atoms with E-state index in [0.717, 1.165) is 51.6 Å². The van der Waals surface area contributed by atoms with Gasteiger partial charge in [0, 0.05) is 32.7 Å². The van der Waals surface area contributed by atoms with Gasteiger partial charge in [0.2, 0.25) is 5.89 Å². The van der Waals surface area contributed by atoms with Gasteiger partial charge in [0.15, 0.2) is 5.82 Å². The Balaban J connectivity index is 1.87. The molecule has 2 fully saturated rings. The van der Waals surface area contributed by atoms with Gasteiger partial charge in [0.25, 0.3) is 0 Å². The van der Waals surface area contributed by atoms with Crippen LogP contribution in [0, 0.1) is 18.8 Å². The first-order valence-corrected chi connectivity index (χ1v) is 8.40. The summed E-state index contributed by atoms with van der Waals surface area (Å²) in [6.45, 7) is 12.5. The van der Waals surface area contributed by atoms with Crippen LogP contribution in [0.2, 0.25) is 0 Å². The molecule has 0 aliphatic carbocycles. The predicted octanol–water partition coefficient (Wildman–Crippen LogP) is 0.902. The Morgan fingerprint density at radius 2 is 2.14 bits per heavy atom. The zero-order valence-electron chi connectivity index (χ0n) is 14.0. The number of hydrogen-bond acceptors (Lipinski definition) is 6. The van der Waals surface area contributed by atoms with Crippen LogP contribution in [0.15, 0.2) is 4.52 Å². The number of hydrogen-bond donors (Lipinski definition) is 1. The third-order valence-electron chi connectivity index (χ3n) is 5.06. The number of fused-ring (bicyclic) bond motifs is 1. The van der Waals surface area contributed by atoms with Gasteiger partial charge in [0.1, 0.15) is 0 Å². The van der Waals surface area contributed by atoms with Crippen molar-refractivity contribution in [3.05, 3.63) is 11.7 Å². The molecule has 1 aromatic rings. The highest BCUT2D eigenvalue weighted by atomic mass is 16.5. The molecule has 0 spiro atoms. The Morgan fingerprint density at radius 3 is 2.77 bits per heavy atom. The number of piperidine rings is 1. The predicted molar refractivity (Wildman–Crippen MR) is 83.6 cm³/mol. The van der Waals surface area contributed by atoms with Crippen LogP contribution >= 0.6 is 0 Å². The molecule has 6 nitrogen and oxygen atoms in total. The Bertz CT molecular complexity index is 504. The molecule has 3 rings (SSSR count). The summed E-state index contributed by atoms with van der Waals surface area (Å²) in [4.78, 5) is 9.48. The summed E-state index contributed by atoms with van der Waals surface area (Å²) in [6.07, 6.45) is 1.16. The maximum Gasteiger partial charge on any atom is 0.235 e. The van der Waals surface area contributed by atoms with Crippen LogP contribution in [-0.2, 0) is 5.41 Å². The highest BCUT2D eigenvalue weighted by Crippen LogP contribution is 2.43. The fourth-order valence-corrected chi connectivity index (χ4v) is 4.24. The van der Waals surface area contributed by atoms with Crippen LogP contribution in [0.25, 0.3) is 0 Å². The lowest BCUT2D eigenvalue weighted by atomic mass is 9.73. The van der Waals surface area contributed by atoms with E-state index in [-0.39, 0.29) is 12.0 Å². The van der Waals surface area contributed by atoms with Crippen LogP contribution in [0.4, 0.5) is 0 Å². The molecule has 1 aromatic heterocycles. The van der Waals surface area contributed by atoms with E-state index in [0.29, 0.717) is 17.7 Å². The number of nitrogens with zero attached hydrogens (tertiary/aromatic N) is 4. The van der Waals surface area contributed by atoms with E-state index >= 15 is 0 Å². The van der Waals surface area contributed by atoms with Crippen LogP contribution in [0.3, 0.4) is 0 Å². The Hall–Kier alpha value is -0.980. The number of rotatable bonds is 5. The SMILES string of the molecule is Cc1noc([C@]23CN(CC(C)C)CC[C@H]2CN(CCO)C3)n1. The van der Waals surface area contributed by atoms with Crippen molar-refractivity contribution < 1.29 is 9.63 Å². The first-order valence-electron chi connectivity index (χ1n) is 8.40. The van der Waals surface area contributed by atoms with Crippen LogP contribution < -0.4 is 0 Å². The smallest absolute Gasteiger partial charge is 0.235 e. The normalized spacial score (nSPS) is 30.1. The van der Waals surface area contributed by atoms with Crippen molar-refractivity contribution in [3.63, 3.8) is 0 Å². The largest absolute Gasteiger partial charge is 0.395 e. The minimum atomic E-state index is -0.0659. The van der Waals surface area contributed by atoms with Crippen molar-refractivity contribution in [3.8, 4) is 0 Å². The van der Waals surface area contributed by atoms with Gasteiger partial charge in [-0.15, -0.1) is 0 Å². The first-order chi connectivity index (χ1) is 10.5. The van der Waals surface area contributed by atoms with Crippen molar-refractivity contribution >= 4 is 0 Å². The van der Waals surface area contributed by atoms with E-state index < -0.39 is 0 Å². The Labute approximate surface area is 132 Å². The number of β-amino-alcohol motifs (C(OH)–C–C–N with tert-alkyl or cyclic N) is 1. The van der Waals surface area contributed by atoms with Crippen molar-refractivity contribution in [1.29, 1.82) is 0 Å². The highest BCUT2D eigenvalue weighted by Gasteiger charge is 2.54. The van der Waals surface area contributed by atoms with Gasteiger partial charge < -0.3 is 14.5 Å². The topological polar surface area (TPSA) is 65.6 Å². The first kappa shape index (κ1) is 15.9. The number of aliphatic hydroxyl groups excluding tert-OH is 1.